The van der Waals surface area contributed by atoms with E-state index in [1.807, 2.05) is 38.1 Å². The van der Waals surface area contributed by atoms with E-state index in [-0.39, 0.29) is 24.4 Å². The van der Waals surface area contributed by atoms with Crippen LogP contribution in [-0.2, 0) is 4.79 Å². The molecule has 0 aliphatic heterocycles. The summed E-state index contributed by atoms with van der Waals surface area (Å²) in [5, 5.41) is 6.22. The van der Waals surface area contributed by atoms with Crippen LogP contribution in [0.2, 0.25) is 0 Å². The molecule has 1 atom stereocenters. The summed E-state index contributed by atoms with van der Waals surface area (Å²) in [6.45, 7) is 3.90. The molecule has 0 radical (unpaired) electrons. The Morgan fingerprint density at radius 2 is 2.00 bits per heavy atom. The number of nitrogens with one attached hydrogen (secondary N) is 2. The molecule has 0 aromatic heterocycles. The first kappa shape index (κ1) is 14.0. The van der Waals surface area contributed by atoms with E-state index in [0.29, 0.717) is 6.04 Å². The van der Waals surface area contributed by atoms with E-state index in [2.05, 4.69) is 10.6 Å². The lowest BCUT2D eigenvalue weighted by Crippen LogP contribution is -2.39. The number of carbonyl (C=O) groups is 1. The highest BCUT2D eigenvalue weighted by atomic mass is 35.5. The van der Waals surface area contributed by atoms with Crippen molar-refractivity contribution in [3.63, 3.8) is 0 Å². The van der Waals surface area contributed by atoms with Gasteiger partial charge < -0.3 is 10.6 Å². The first-order valence-corrected chi connectivity index (χ1v) is 5.79. The van der Waals surface area contributed by atoms with E-state index in [9.17, 15) is 4.79 Å². The standard InChI is InChI=1S/C13H18N2O.ClH/c1-9-5-3-4-6-12(9)15-13(16)10(2)14-11-7-8-11;/h3-6,10-11,14H,7-8H2,1-2H3,(H,15,16);1H. The van der Waals surface area contributed by atoms with Crippen LogP contribution >= 0.6 is 12.4 Å². The number of benzene rings is 1. The smallest absolute Gasteiger partial charge is 0.241 e. The van der Waals surface area contributed by atoms with Crippen LogP contribution in [0, 0.1) is 6.92 Å². The van der Waals surface area contributed by atoms with E-state index < -0.39 is 0 Å². The second-order valence-electron chi connectivity index (χ2n) is 4.47. The van der Waals surface area contributed by atoms with Gasteiger partial charge in [0, 0.05) is 11.7 Å². The first-order chi connectivity index (χ1) is 7.66. The Morgan fingerprint density at radius 3 is 2.59 bits per heavy atom. The Kier molecular flexibility index (Phi) is 4.97. The Labute approximate surface area is 108 Å². The number of rotatable bonds is 4. The molecular formula is C13H19ClN2O. The van der Waals surface area contributed by atoms with Crippen LogP contribution in [0.4, 0.5) is 5.69 Å². The van der Waals surface area contributed by atoms with Gasteiger partial charge in [0.25, 0.3) is 0 Å². The fraction of sp³-hybridized carbons (Fsp3) is 0.462. The molecule has 2 rings (SSSR count). The normalized spacial score (nSPS) is 15.9. The molecule has 1 aliphatic carbocycles. The van der Waals surface area contributed by atoms with Gasteiger partial charge in [-0.2, -0.15) is 0 Å². The van der Waals surface area contributed by atoms with Crippen LogP contribution in [0.1, 0.15) is 25.3 Å². The van der Waals surface area contributed by atoms with Crippen LogP contribution in [-0.4, -0.2) is 18.0 Å². The highest BCUT2D eigenvalue weighted by molar-refractivity contribution is 5.95. The maximum absolute atomic E-state index is 11.9. The van der Waals surface area contributed by atoms with Crippen molar-refractivity contribution in [2.45, 2.75) is 38.8 Å². The molecule has 1 aromatic carbocycles. The molecule has 0 saturated heterocycles. The molecule has 1 amide bonds. The lowest BCUT2D eigenvalue weighted by molar-refractivity contribution is -0.117. The lowest BCUT2D eigenvalue weighted by atomic mass is 10.2. The van der Waals surface area contributed by atoms with Gasteiger partial charge in [-0.15, -0.1) is 12.4 Å². The summed E-state index contributed by atoms with van der Waals surface area (Å²) >= 11 is 0. The molecule has 1 fully saturated rings. The van der Waals surface area contributed by atoms with E-state index in [1.165, 1.54) is 12.8 Å². The molecule has 94 valence electrons. The average molecular weight is 255 g/mol. The van der Waals surface area contributed by atoms with Crippen molar-refractivity contribution in [2.24, 2.45) is 0 Å². The van der Waals surface area contributed by atoms with Gasteiger partial charge in [-0.05, 0) is 38.3 Å². The summed E-state index contributed by atoms with van der Waals surface area (Å²) in [5.41, 5.74) is 1.99. The number of anilines is 1. The Balaban J connectivity index is 0.00000144. The van der Waals surface area contributed by atoms with Crippen LogP contribution in [0.15, 0.2) is 24.3 Å². The van der Waals surface area contributed by atoms with Crippen LogP contribution < -0.4 is 10.6 Å². The van der Waals surface area contributed by atoms with E-state index >= 15 is 0 Å². The molecule has 1 aliphatic rings. The number of halogens is 1. The van der Waals surface area contributed by atoms with Gasteiger partial charge in [-0.25, -0.2) is 0 Å². The molecule has 1 saturated carbocycles. The maximum atomic E-state index is 11.9. The SMILES string of the molecule is Cc1ccccc1NC(=O)C(C)NC1CC1.Cl. The molecule has 1 aromatic rings. The minimum absolute atomic E-state index is 0. The van der Waals surface area contributed by atoms with Crippen molar-refractivity contribution in [3.05, 3.63) is 29.8 Å². The monoisotopic (exact) mass is 254 g/mol. The second-order valence-corrected chi connectivity index (χ2v) is 4.47. The van der Waals surface area contributed by atoms with Gasteiger partial charge >= 0.3 is 0 Å². The van der Waals surface area contributed by atoms with Crippen LogP contribution in [0.3, 0.4) is 0 Å². The zero-order valence-corrected chi connectivity index (χ0v) is 11.0. The second kappa shape index (κ2) is 6.03. The summed E-state index contributed by atoms with van der Waals surface area (Å²) in [5.74, 6) is 0.0428. The van der Waals surface area contributed by atoms with Crippen LogP contribution in [0.25, 0.3) is 0 Å². The number of carbonyl (C=O) groups excluding carboxylic acids is 1. The molecular weight excluding hydrogens is 236 g/mol. The minimum atomic E-state index is -0.118. The number of amides is 1. The third-order valence-corrected chi connectivity index (χ3v) is 2.86. The van der Waals surface area contributed by atoms with Gasteiger partial charge in [-0.3, -0.25) is 4.79 Å². The largest absolute Gasteiger partial charge is 0.324 e. The lowest BCUT2D eigenvalue weighted by Gasteiger charge is -2.14. The van der Waals surface area contributed by atoms with E-state index in [0.717, 1.165) is 11.3 Å². The van der Waals surface area contributed by atoms with Crippen molar-refractivity contribution >= 4 is 24.0 Å². The molecule has 0 spiro atoms. The highest BCUT2D eigenvalue weighted by Gasteiger charge is 2.25. The predicted molar refractivity (Wildman–Crippen MR) is 72.7 cm³/mol. The van der Waals surface area contributed by atoms with E-state index in [1.54, 1.807) is 0 Å². The topological polar surface area (TPSA) is 41.1 Å². The quantitative estimate of drug-likeness (QED) is 0.867. The van der Waals surface area contributed by atoms with Crippen molar-refractivity contribution in [3.8, 4) is 0 Å². The average Bonchev–Trinajstić information content (AvgIpc) is 3.05. The zero-order valence-electron chi connectivity index (χ0n) is 10.2. The molecule has 17 heavy (non-hydrogen) atoms. The zero-order chi connectivity index (χ0) is 11.5. The van der Waals surface area contributed by atoms with Crippen molar-refractivity contribution < 1.29 is 4.79 Å². The van der Waals surface area contributed by atoms with Gasteiger partial charge in [0.1, 0.15) is 0 Å². The summed E-state index contributed by atoms with van der Waals surface area (Å²) in [4.78, 5) is 11.9. The number of para-hydroxylation sites is 1. The van der Waals surface area contributed by atoms with Crippen molar-refractivity contribution in [2.75, 3.05) is 5.32 Å². The number of aryl methyl sites for hydroxylation is 1. The van der Waals surface area contributed by atoms with Crippen molar-refractivity contribution in [1.29, 1.82) is 0 Å². The molecule has 4 heteroatoms. The Hall–Kier alpha value is -1.06. The van der Waals surface area contributed by atoms with Crippen molar-refractivity contribution in [1.82, 2.24) is 5.32 Å². The predicted octanol–water partition coefficient (Wildman–Crippen LogP) is 2.50. The van der Waals surface area contributed by atoms with Gasteiger partial charge in [-0.1, -0.05) is 18.2 Å². The molecule has 2 N–H and O–H groups in total. The fourth-order valence-corrected chi connectivity index (χ4v) is 1.63. The summed E-state index contributed by atoms with van der Waals surface area (Å²) in [7, 11) is 0. The molecule has 3 nitrogen and oxygen atoms in total. The minimum Gasteiger partial charge on any atom is -0.324 e. The summed E-state index contributed by atoms with van der Waals surface area (Å²) < 4.78 is 0. The summed E-state index contributed by atoms with van der Waals surface area (Å²) in [6.07, 6.45) is 2.39. The molecule has 1 unspecified atom stereocenters. The Morgan fingerprint density at radius 1 is 1.35 bits per heavy atom. The molecule has 0 heterocycles. The van der Waals surface area contributed by atoms with E-state index in [4.69, 9.17) is 0 Å². The number of hydrogen-bond acceptors (Lipinski definition) is 2. The van der Waals surface area contributed by atoms with Crippen LogP contribution in [0.5, 0.6) is 0 Å². The fourth-order valence-electron chi connectivity index (χ4n) is 1.63. The Bertz CT molecular complexity index is 391. The maximum Gasteiger partial charge on any atom is 0.241 e. The third-order valence-electron chi connectivity index (χ3n) is 2.86. The first-order valence-electron chi connectivity index (χ1n) is 5.79. The summed E-state index contributed by atoms with van der Waals surface area (Å²) in [6, 6.07) is 8.26. The highest BCUT2D eigenvalue weighted by Crippen LogP contribution is 2.20. The third kappa shape index (κ3) is 4.02. The number of hydrogen-bond donors (Lipinski definition) is 2. The molecule has 0 bridgehead atoms. The van der Waals surface area contributed by atoms with Gasteiger partial charge in [0.15, 0.2) is 0 Å². The van der Waals surface area contributed by atoms with Gasteiger partial charge in [0.05, 0.1) is 6.04 Å². The van der Waals surface area contributed by atoms with Gasteiger partial charge in [0.2, 0.25) is 5.91 Å².